The Morgan fingerprint density at radius 1 is 1.19 bits per heavy atom. The second-order valence-electron chi connectivity index (χ2n) is 4.48. The highest BCUT2D eigenvalue weighted by Crippen LogP contribution is 2.29. The third-order valence-electron chi connectivity index (χ3n) is 2.91. The molecule has 0 bridgehead atoms. The number of nitrogens with one attached hydrogen (secondary N) is 1. The van der Waals surface area contributed by atoms with Crippen molar-refractivity contribution in [2.75, 3.05) is 17.6 Å². The minimum absolute atomic E-state index is 0.132. The number of aryl methyl sites for hydroxylation is 1. The number of nitrogen functional groups attached to an aromatic ring is 1. The first-order valence-corrected chi connectivity index (χ1v) is 7.54. The number of hydrogen-bond donors (Lipinski definition) is 2. The SMILES string of the molecule is COc1ccc(N)cc1NS(=O)(=O)c1cc(F)ccc1C. The second-order valence-corrected chi connectivity index (χ2v) is 6.13. The van der Waals surface area contributed by atoms with Gasteiger partial charge in [0.25, 0.3) is 10.0 Å². The highest BCUT2D eigenvalue weighted by molar-refractivity contribution is 7.92. The molecule has 21 heavy (non-hydrogen) atoms. The standard InChI is InChI=1S/C14H15FN2O3S/c1-9-3-4-10(15)7-14(9)21(18,19)17-12-8-11(16)5-6-13(12)20-2/h3-8,17H,16H2,1-2H3. The van der Waals surface area contributed by atoms with Gasteiger partial charge in [-0.05, 0) is 42.8 Å². The lowest BCUT2D eigenvalue weighted by Gasteiger charge is -2.13. The molecule has 0 radical (unpaired) electrons. The summed E-state index contributed by atoms with van der Waals surface area (Å²) in [6.45, 7) is 1.59. The predicted octanol–water partition coefficient (Wildman–Crippen LogP) is 2.53. The number of methoxy groups -OCH3 is 1. The van der Waals surface area contributed by atoms with E-state index < -0.39 is 15.8 Å². The zero-order valence-electron chi connectivity index (χ0n) is 11.6. The van der Waals surface area contributed by atoms with Crippen molar-refractivity contribution in [2.45, 2.75) is 11.8 Å². The van der Waals surface area contributed by atoms with E-state index in [1.807, 2.05) is 0 Å². The van der Waals surface area contributed by atoms with E-state index in [2.05, 4.69) is 4.72 Å². The molecule has 2 aromatic carbocycles. The molecule has 2 rings (SSSR count). The van der Waals surface area contributed by atoms with Gasteiger partial charge in [-0.25, -0.2) is 12.8 Å². The number of rotatable bonds is 4. The maximum absolute atomic E-state index is 13.3. The van der Waals surface area contributed by atoms with Crippen LogP contribution in [0.15, 0.2) is 41.3 Å². The lowest BCUT2D eigenvalue weighted by atomic mass is 10.2. The molecule has 0 spiro atoms. The quantitative estimate of drug-likeness (QED) is 0.850. The van der Waals surface area contributed by atoms with Crippen molar-refractivity contribution >= 4 is 21.4 Å². The van der Waals surface area contributed by atoms with Crippen LogP contribution in [-0.4, -0.2) is 15.5 Å². The monoisotopic (exact) mass is 310 g/mol. The van der Waals surface area contributed by atoms with Crippen LogP contribution in [0.5, 0.6) is 5.75 Å². The van der Waals surface area contributed by atoms with Crippen LogP contribution in [0.3, 0.4) is 0 Å². The molecule has 0 aliphatic rings. The Morgan fingerprint density at radius 3 is 2.57 bits per heavy atom. The number of sulfonamides is 1. The van der Waals surface area contributed by atoms with Gasteiger partial charge in [-0.2, -0.15) is 0 Å². The van der Waals surface area contributed by atoms with E-state index >= 15 is 0 Å². The lowest BCUT2D eigenvalue weighted by Crippen LogP contribution is -2.15. The van der Waals surface area contributed by atoms with Gasteiger partial charge in [-0.3, -0.25) is 4.72 Å². The average Bonchev–Trinajstić information content (AvgIpc) is 2.41. The molecule has 0 aromatic heterocycles. The minimum atomic E-state index is -3.94. The molecule has 7 heteroatoms. The number of nitrogens with two attached hydrogens (primary N) is 1. The summed E-state index contributed by atoms with van der Waals surface area (Å²) in [7, 11) is -2.53. The van der Waals surface area contributed by atoms with Crippen molar-refractivity contribution in [1.29, 1.82) is 0 Å². The summed E-state index contributed by atoms with van der Waals surface area (Å²) in [4.78, 5) is -0.132. The van der Waals surface area contributed by atoms with E-state index in [1.165, 1.54) is 25.3 Å². The summed E-state index contributed by atoms with van der Waals surface area (Å²) >= 11 is 0. The molecule has 0 atom stereocenters. The van der Waals surface area contributed by atoms with Crippen LogP contribution in [-0.2, 0) is 10.0 Å². The van der Waals surface area contributed by atoms with Crippen LogP contribution in [0.2, 0.25) is 0 Å². The Bertz CT molecular complexity index is 776. The van der Waals surface area contributed by atoms with E-state index in [9.17, 15) is 12.8 Å². The van der Waals surface area contributed by atoms with Crippen molar-refractivity contribution in [3.63, 3.8) is 0 Å². The van der Waals surface area contributed by atoms with Crippen molar-refractivity contribution < 1.29 is 17.5 Å². The van der Waals surface area contributed by atoms with Crippen LogP contribution in [0.4, 0.5) is 15.8 Å². The first-order chi connectivity index (χ1) is 9.83. The number of benzene rings is 2. The Morgan fingerprint density at radius 2 is 1.90 bits per heavy atom. The Hall–Kier alpha value is -2.28. The maximum Gasteiger partial charge on any atom is 0.262 e. The molecule has 0 saturated carbocycles. The molecule has 5 nitrogen and oxygen atoms in total. The highest BCUT2D eigenvalue weighted by atomic mass is 32.2. The third-order valence-corrected chi connectivity index (χ3v) is 4.42. The molecule has 0 heterocycles. The van der Waals surface area contributed by atoms with Gasteiger partial charge >= 0.3 is 0 Å². The fraction of sp³-hybridized carbons (Fsp3) is 0.143. The van der Waals surface area contributed by atoms with Gasteiger partial charge < -0.3 is 10.5 Å². The zero-order chi connectivity index (χ0) is 15.6. The maximum atomic E-state index is 13.3. The van der Waals surface area contributed by atoms with E-state index in [-0.39, 0.29) is 10.6 Å². The molecule has 112 valence electrons. The van der Waals surface area contributed by atoms with E-state index in [0.29, 0.717) is 17.0 Å². The summed E-state index contributed by atoms with van der Waals surface area (Å²) in [5.41, 5.74) is 6.65. The van der Waals surface area contributed by atoms with Gasteiger partial charge in [0.05, 0.1) is 17.7 Å². The minimum Gasteiger partial charge on any atom is -0.495 e. The van der Waals surface area contributed by atoms with Gasteiger partial charge in [0, 0.05) is 5.69 Å². The molecule has 0 amide bonds. The number of halogens is 1. The molecule has 0 unspecified atom stereocenters. The van der Waals surface area contributed by atoms with E-state index in [1.54, 1.807) is 19.1 Å². The lowest BCUT2D eigenvalue weighted by molar-refractivity contribution is 0.417. The topological polar surface area (TPSA) is 81.4 Å². The zero-order valence-corrected chi connectivity index (χ0v) is 12.4. The van der Waals surface area contributed by atoms with Gasteiger partial charge in [0.15, 0.2) is 0 Å². The number of hydrogen-bond acceptors (Lipinski definition) is 4. The average molecular weight is 310 g/mol. The fourth-order valence-electron chi connectivity index (χ4n) is 1.87. The summed E-state index contributed by atoms with van der Waals surface area (Å²) in [6.07, 6.45) is 0. The second kappa shape index (κ2) is 5.61. The van der Waals surface area contributed by atoms with Crippen LogP contribution >= 0.6 is 0 Å². The first kappa shape index (κ1) is 15.1. The molecular formula is C14H15FN2O3S. The molecule has 0 aliphatic carbocycles. The van der Waals surface area contributed by atoms with E-state index in [4.69, 9.17) is 10.5 Å². The Kier molecular flexibility index (Phi) is 4.04. The summed E-state index contributed by atoms with van der Waals surface area (Å²) < 4.78 is 45.5. The third kappa shape index (κ3) is 3.25. The first-order valence-electron chi connectivity index (χ1n) is 6.06. The highest BCUT2D eigenvalue weighted by Gasteiger charge is 2.19. The van der Waals surface area contributed by atoms with Gasteiger partial charge in [0.1, 0.15) is 11.6 Å². The van der Waals surface area contributed by atoms with Crippen LogP contribution < -0.4 is 15.2 Å². The molecular weight excluding hydrogens is 295 g/mol. The Balaban J connectivity index is 2.47. The molecule has 0 aliphatic heterocycles. The van der Waals surface area contributed by atoms with E-state index in [0.717, 1.165) is 6.07 Å². The summed E-state index contributed by atoms with van der Waals surface area (Å²) in [6, 6.07) is 8.15. The predicted molar refractivity (Wildman–Crippen MR) is 79.4 cm³/mol. The summed E-state index contributed by atoms with van der Waals surface area (Å²) in [5.74, 6) is -0.303. The number of ether oxygens (including phenoxy) is 1. The van der Waals surface area contributed by atoms with Crippen molar-refractivity contribution in [2.24, 2.45) is 0 Å². The van der Waals surface area contributed by atoms with Crippen LogP contribution in [0, 0.1) is 12.7 Å². The van der Waals surface area contributed by atoms with Gasteiger partial charge in [-0.15, -0.1) is 0 Å². The van der Waals surface area contributed by atoms with Gasteiger partial charge in [0.2, 0.25) is 0 Å². The molecule has 0 saturated heterocycles. The number of anilines is 2. The van der Waals surface area contributed by atoms with Crippen molar-refractivity contribution in [3.05, 3.63) is 47.8 Å². The summed E-state index contributed by atoms with van der Waals surface area (Å²) in [5, 5.41) is 0. The smallest absolute Gasteiger partial charge is 0.262 e. The molecule has 0 fully saturated rings. The van der Waals surface area contributed by atoms with Crippen molar-refractivity contribution in [1.82, 2.24) is 0 Å². The van der Waals surface area contributed by atoms with Gasteiger partial charge in [-0.1, -0.05) is 6.07 Å². The normalized spacial score (nSPS) is 11.2. The Labute approximate surface area is 122 Å². The molecule has 3 N–H and O–H groups in total. The molecule has 2 aromatic rings. The van der Waals surface area contributed by atoms with Crippen molar-refractivity contribution in [3.8, 4) is 5.75 Å². The van der Waals surface area contributed by atoms with Crippen LogP contribution in [0.1, 0.15) is 5.56 Å². The fourth-order valence-corrected chi connectivity index (χ4v) is 3.19. The van der Waals surface area contributed by atoms with Crippen LogP contribution in [0.25, 0.3) is 0 Å². The largest absolute Gasteiger partial charge is 0.495 e.